The van der Waals surface area contributed by atoms with Gasteiger partial charge in [0.15, 0.2) is 0 Å². The van der Waals surface area contributed by atoms with Crippen LogP contribution in [0.3, 0.4) is 0 Å². The molecule has 1 aromatic carbocycles. The van der Waals surface area contributed by atoms with E-state index >= 15 is 0 Å². The average Bonchev–Trinajstić information content (AvgIpc) is 3.36. The SMILES string of the molecule is O=C(NCc1ccc(F)cc1)c1nnc(Cn2c(-c3ccccn3)noc2=O)s1. The molecule has 3 aromatic heterocycles. The van der Waals surface area contributed by atoms with Gasteiger partial charge in [0.1, 0.15) is 16.5 Å². The van der Waals surface area contributed by atoms with E-state index in [1.165, 1.54) is 16.7 Å². The number of halogens is 1. The van der Waals surface area contributed by atoms with Crippen LogP contribution in [0.15, 0.2) is 58.0 Å². The quantitative estimate of drug-likeness (QED) is 0.514. The smallest absolute Gasteiger partial charge is 0.346 e. The van der Waals surface area contributed by atoms with E-state index in [0.29, 0.717) is 10.7 Å². The Balaban J connectivity index is 1.46. The van der Waals surface area contributed by atoms with Crippen LogP contribution in [0, 0.1) is 5.82 Å². The molecule has 146 valence electrons. The van der Waals surface area contributed by atoms with Gasteiger partial charge < -0.3 is 5.32 Å². The van der Waals surface area contributed by atoms with E-state index in [9.17, 15) is 14.0 Å². The van der Waals surface area contributed by atoms with Crippen LogP contribution in [-0.4, -0.2) is 30.8 Å². The van der Waals surface area contributed by atoms with Crippen molar-refractivity contribution in [1.82, 2.24) is 30.2 Å². The Morgan fingerprint density at radius 3 is 2.76 bits per heavy atom. The number of carbonyl (C=O) groups excluding carboxylic acids is 1. The highest BCUT2D eigenvalue weighted by Gasteiger charge is 2.18. The first kappa shape index (κ1) is 18.6. The van der Waals surface area contributed by atoms with E-state index in [4.69, 9.17) is 4.52 Å². The van der Waals surface area contributed by atoms with Crippen molar-refractivity contribution < 1.29 is 13.7 Å². The number of carbonyl (C=O) groups is 1. The zero-order valence-corrected chi connectivity index (χ0v) is 15.6. The van der Waals surface area contributed by atoms with Crippen LogP contribution < -0.4 is 11.1 Å². The van der Waals surface area contributed by atoms with Gasteiger partial charge in [-0.2, -0.15) is 0 Å². The molecule has 0 fully saturated rings. The molecule has 29 heavy (non-hydrogen) atoms. The Kier molecular flexibility index (Phi) is 5.20. The first-order chi connectivity index (χ1) is 14.1. The lowest BCUT2D eigenvalue weighted by atomic mass is 10.2. The predicted molar refractivity (Wildman–Crippen MR) is 101 cm³/mol. The Labute approximate surface area is 166 Å². The summed E-state index contributed by atoms with van der Waals surface area (Å²) in [5.74, 6) is -1.17. The van der Waals surface area contributed by atoms with Crippen LogP contribution in [0.5, 0.6) is 0 Å². The molecule has 0 unspecified atom stereocenters. The van der Waals surface area contributed by atoms with Gasteiger partial charge in [-0.1, -0.05) is 34.7 Å². The molecule has 1 N–H and O–H groups in total. The van der Waals surface area contributed by atoms with E-state index in [0.717, 1.165) is 16.9 Å². The lowest BCUT2D eigenvalue weighted by Crippen LogP contribution is -2.22. The molecule has 0 saturated carbocycles. The summed E-state index contributed by atoms with van der Waals surface area (Å²) in [6, 6.07) is 11.0. The molecule has 11 heteroatoms. The normalized spacial score (nSPS) is 10.8. The van der Waals surface area contributed by atoms with Gasteiger partial charge in [0.05, 0.1) is 6.54 Å². The molecule has 0 radical (unpaired) electrons. The van der Waals surface area contributed by atoms with Crippen molar-refractivity contribution in [1.29, 1.82) is 0 Å². The third-order valence-corrected chi connectivity index (χ3v) is 4.81. The van der Waals surface area contributed by atoms with Gasteiger partial charge in [0.2, 0.25) is 10.8 Å². The maximum Gasteiger partial charge on any atom is 0.442 e. The van der Waals surface area contributed by atoms with Gasteiger partial charge in [-0.05, 0) is 29.8 Å². The molecular weight excluding hydrogens is 399 g/mol. The average molecular weight is 412 g/mol. The van der Waals surface area contributed by atoms with E-state index in [1.807, 2.05) is 0 Å². The van der Waals surface area contributed by atoms with E-state index in [2.05, 4.69) is 25.7 Å². The van der Waals surface area contributed by atoms with Crippen LogP contribution >= 0.6 is 11.3 Å². The third-order valence-electron chi connectivity index (χ3n) is 3.90. The summed E-state index contributed by atoms with van der Waals surface area (Å²) in [6.07, 6.45) is 1.58. The summed E-state index contributed by atoms with van der Waals surface area (Å²) in [7, 11) is 0. The molecule has 4 rings (SSSR count). The van der Waals surface area contributed by atoms with Crippen molar-refractivity contribution in [2.75, 3.05) is 0 Å². The minimum absolute atomic E-state index is 0.0388. The lowest BCUT2D eigenvalue weighted by molar-refractivity contribution is 0.0950. The molecule has 1 amide bonds. The summed E-state index contributed by atoms with van der Waals surface area (Å²) >= 11 is 1.05. The highest BCUT2D eigenvalue weighted by molar-refractivity contribution is 7.13. The lowest BCUT2D eigenvalue weighted by Gasteiger charge is -2.02. The second kappa shape index (κ2) is 8.10. The minimum atomic E-state index is -0.664. The van der Waals surface area contributed by atoms with Gasteiger partial charge in [0, 0.05) is 12.7 Å². The van der Waals surface area contributed by atoms with Crippen LogP contribution in [0.4, 0.5) is 4.39 Å². The van der Waals surface area contributed by atoms with E-state index in [-0.39, 0.29) is 29.7 Å². The third kappa shape index (κ3) is 4.24. The Bertz CT molecular complexity index is 1190. The molecule has 0 saturated heterocycles. The zero-order valence-electron chi connectivity index (χ0n) is 14.8. The molecule has 0 spiro atoms. The number of amides is 1. The van der Waals surface area contributed by atoms with Crippen LogP contribution in [0.25, 0.3) is 11.5 Å². The van der Waals surface area contributed by atoms with E-state index < -0.39 is 11.7 Å². The number of benzene rings is 1. The molecule has 0 bridgehead atoms. The zero-order chi connectivity index (χ0) is 20.2. The molecule has 0 aliphatic heterocycles. The molecular formula is C18H13FN6O3S. The van der Waals surface area contributed by atoms with Gasteiger partial charge in [0.25, 0.3) is 5.91 Å². The molecule has 0 aliphatic carbocycles. The van der Waals surface area contributed by atoms with Crippen LogP contribution in [-0.2, 0) is 13.1 Å². The molecule has 3 heterocycles. The topological polar surface area (TPSA) is 116 Å². The Hall–Kier alpha value is -3.73. The monoisotopic (exact) mass is 412 g/mol. The van der Waals surface area contributed by atoms with Crippen molar-refractivity contribution in [3.8, 4) is 11.5 Å². The van der Waals surface area contributed by atoms with E-state index in [1.54, 1.807) is 36.5 Å². The highest BCUT2D eigenvalue weighted by Crippen LogP contribution is 2.16. The number of rotatable bonds is 6. The summed E-state index contributed by atoms with van der Waals surface area (Å²) in [5.41, 5.74) is 1.22. The molecule has 9 nitrogen and oxygen atoms in total. The number of hydrogen-bond donors (Lipinski definition) is 1. The van der Waals surface area contributed by atoms with Crippen LogP contribution in [0.2, 0.25) is 0 Å². The fraction of sp³-hybridized carbons (Fsp3) is 0.111. The van der Waals surface area contributed by atoms with Gasteiger partial charge in [-0.15, -0.1) is 10.2 Å². The predicted octanol–water partition coefficient (Wildman–Crippen LogP) is 1.87. The Morgan fingerprint density at radius 2 is 2.00 bits per heavy atom. The van der Waals surface area contributed by atoms with Crippen molar-refractivity contribution >= 4 is 17.2 Å². The fourth-order valence-electron chi connectivity index (χ4n) is 2.49. The van der Waals surface area contributed by atoms with Gasteiger partial charge in [-0.3, -0.25) is 14.3 Å². The van der Waals surface area contributed by atoms with Crippen molar-refractivity contribution in [3.63, 3.8) is 0 Å². The Morgan fingerprint density at radius 1 is 1.17 bits per heavy atom. The summed E-state index contributed by atoms with van der Waals surface area (Å²) in [6.45, 7) is 0.264. The second-order valence-corrected chi connectivity index (χ2v) is 6.95. The number of hydrogen-bond acceptors (Lipinski definition) is 8. The van der Waals surface area contributed by atoms with Gasteiger partial charge in [-0.25, -0.2) is 13.8 Å². The summed E-state index contributed by atoms with van der Waals surface area (Å²) < 4.78 is 18.9. The first-order valence-corrected chi connectivity index (χ1v) is 9.25. The number of aromatic nitrogens is 5. The highest BCUT2D eigenvalue weighted by atomic mass is 32.1. The summed E-state index contributed by atoms with van der Waals surface area (Å²) in [4.78, 5) is 28.4. The largest absolute Gasteiger partial charge is 0.442 e. The van der Waals surface area contributed by atoms with Crippen molar-refractivity contribution in [2.45, 2.75) is 13.1 Å². The second-order valence-electron chi connectivity index (χ2n) is 5.88. The minimum Gasteiger partial charge on any atom is -0.346 e. The summed E-state index contributed by atoms with van der Waals surface area (Å²) in [5, 5.41) is 14.9. The van der Waals surface area contributed by atoms with Crippen molar-refractivity contribution in [3.05, 3.63) is 80.6 Å². The maximum absolute atomic E-state index is 12.9. The number of nitrogens with one attached hydrogen (secondary N) is 1. The fourth-order valence-corrected chi connectivity index (χ4v) is 3.24. The van der Waals surface area contributed by atoms with Crippen LogP contribution in [0.1, 0.15) is 20.4 Å². The maximum atomic E-state index is 12.9. The number of pyridine rings is 1. The number of nitrogens with zero attached hydrogens (tertiary/aromatic N) is 5. The first-order valence-electron chi connectivity index (χ1n) is 8.43. The standard InChI is InChI=1S/C18H13FN6O3S/c19-12-6-4-11(5-7-12)9-21-16(26)17-23-22-14(29-17)10-25-15(24-28-18(25)27)13-3-1-2-8-20-13/h1-8H,9-10H2,(H,21,26). The molecule has 0 atom stereocenters. The van der Waals surface area contributed by atoms with Crippen molar-refractivity contribution in [2.24, 2.45) is 0 Å². The van der Waals surface area contributed by atoms with Gasteiger partial charge >= 0.3 is 5.76 Å². The molecule has 4 aromatic rings. The molecule has 0 aliphatic rings.